The first-order chi connectivity index (χ1) is 12.2. The van der Waals surface area contributed by atoms with E-state index in [0.29, 0.717) is 11.4 Å². The van der Waals surface area contributed by atoms with E-state index in [9.17, 15) is 8.42 Å². The second kappa shape index (κ2) is 9.59. The van der Waals surface area contributed by atoms with Crippen molar-refractivity contribution in [3.63, 3.8) is 0 Å². The van der Waals surface area contributed by atoms with Crippen LogP contribution in [-0.4, -0.2) is 37.2 Å². The number of nitrogens with zero attached hydrogens (tertiary/aromatic N) is 2. The fourth-order valence-electron chi connectivity index (χ4n) is 2.65. The summed E-state index contributed by atoms with van der Waals surface area (Å²) < 4.78 is 28.1. The first-order valence-corrected chi connectivity index (χ1v) is 10.6. The summed E-state index contributed by atoms with van der Waals surface area (Å²) in [5, 5.41) is 3.90. The minimum atomic E-state index is -2.87. The summed E-state index contributed by atoms with van der Waals surface area (Å²) >= 11 is 0. The van der Waals surface area contributed by atoms with E-state index in [1.165, 1.54) is 10.6 Å². The summed E-state index contributed by atoms with van der Waals surface area (Å²) in [6, 6.07) is 5.54. The average Bonchev–Trinajstić information content (AvgIpc) is 3.23. The number of hydrogen-bond donors (Lipinski definition) is 2. The van der Waals surface area contributed by atoms with E-state index in [4.69, 9.17) is 16.0 Å². The highest BCUT2D eigenvalue weighted by molar-refractivity contribution is 7.88. The van der Waals surface area contributed by atoms with Crippen LogP contribution in [0.1, 0.15) is 38.1 Å². The Morgan fingerprint density at radius 2 is 1.65 bits per heavy atom. The number of nitrogens with two attached hydrogens (primary N) is 2. The van der Waals surface area contributed by atoms with Crippen molar-refractivity contribution in [1.82, 2.24) is 9.46 Å². The quantitative estimate of drug-likeness (QED) is 0.771. The van der Waals surface area contributed by atoms with Gasteiger partial charge in [-0.15, -0.1) is 0 Å². The number of aromatic nitrogens is 1. The monoisotopic (exact) mass is 382 g/mol. The van der Waals surface area contributed by atoms with E-state index in [2.05, 4.69) is 5.16 Å². The molecule has 8 heteroatoms. The molecule has 1 fully saturated rings. The van der Waals surface area contributed by atoms with Gasteiger partial charge in [0.05, 0.1) is 23.3 Å². The molecule has 1 aromatic carbocycles. The third kappa shape index (κ3) is 5.74. The largest absolute Gasteiger partial charge is 0.397 e. The topological polar surface area (TPSA) is 115 Å². The lowest BCUT2D eigenvalue weighted by Crippen LogP contribution is -2.26. The van der Waals surface area contributed by atoms with Crippen LogP contribution < -0.4 is 11.5 Å². The lowest BCUT2D eigenvalue weighted by atomic mass is 10.0. The second-order valence-corrected chi connectivity index (χ2v) is 7.89. The molecule has 0 spiro atoms. The predicted molar refractivity (Wildman–Crippen MR) is 107 cm³/mol. The molecule has 0 bridgehead atoms. The van der Waals surface area contributed by atoms with Gasteiger partial charge in [0.15, 0.2) is 0 Å². The summed E-state index contributed by atoms with van der Waals surface area (Å²) in [6.45, 7) is 9.22. The molecular weight excluding hydrogens is 352 g/mol. The number of sulfonamides is 1. The molecule has 4 N–H and O–H groups in total. The summed E-state index contributed by atoms with van der Waals surface area (Å²) in [5.41, 5.74) is 15.4. The van der Waals surface area contributed by atoms with E-state index in [-0.39, 0.29) is 0 Å². The number of rotatable bonds is 2. The molecule has 26 heavy (non-hydrogen) atoms. The summed E-state index contributed by atoms with van der Waals surface area (Å²) in [5.74, 6) is 0.789. The lowest BCUT2D eigenvalue weighted by molar-refractivity contribution is 0.393. The Kier molecular flexibility index (Phi) is 8.10. The zero-order chi connectivity index (χ0) is 19.9. The number of anilines is 2. The number of benzene rings is 1. The van der Waals surface area contributed by atoms with E-state index in [1.54, 1.807) is 6.07 Å². The van der Waals surface area contributed by atoms with Crippen LogP contribution in [0.5, 0.6) is 0 Å². The van der Waals surface area contributed by atoms with Crippen molar-refractivity contribution in [2.24, 2.45) is 0 Å². The minimum Gasteiger partial charge on any atom is -0.397 e. The molecule has 0 unspecified atom stereocenters. The van der Waals surface area contributed by atoms with Crippen LogP contribution in [-0.2, 0) is 10.0 Å². The third-order valence-corrected chi connectivity index (χ3v) is 5.25. The maximum Gasteiger partial charge on any atom is 0.211 e. The fourth-order valence-corrected chi connectivity index (χ4v) is 3.57. The molecule has 1 aromatic heterocycles. The van der Waals surface area contributed by atoms with Gasteiger partial charge in [0.1, 0.15) is 5.76 Å². The highest BCUT2D eigenvalue weighted by atomic mass is 32.2. The van der Waals surface area contributed by atoms with Gasteiger partial charge < -0.3 is 16.0 Å². The standard InChI is InChI=1S/C11H13N3O.C5H11NO2S.C2H6/c1-6-11(7(2)15-14-6)8-3-4-9(12)10(13)5-8;1-9(7,8)6-4-2-3-5-6;1-2/h3-5H,12-13H2,1-2H3;2-5H2,1H3;1-2H3. The summed E-state index contributed by atoms with van der Waals surface area (Å²) in [4.78, 5) is 0. The molecule has 1 saturated heterocycles. The predicted octanol–water partition coefficient (Wildman–Crippen LogP) is 3.19. The van der Waals surface area contributed by atoms with Crippen molar-refractivity contribution in [3.8, 4) is 11.1 Å². The molecule has 1 aliphatic rings. The zero-order valence-electron chi connectivity index (χ0n) is 16.2. The Labute approximate surface area is 156 Å². The van der Waals surface area contributed by atoms with Gasteiger partial charge in [0, 0.05) is 18.7 Å². The van der Waals surface area contributed by atoms with Gasteiger partial charge in [-0.1, -0.05) is 25.1 Å². The highest BCUT2D eigenvalue weighted by Crippen LogP contribution is 2.29. The van der Waals surface area contributed by atoms with Crippen LogP contribution in [0.4, 0.5) is 11.4 Å². The highest BCUT2D eigenvalue weighted by Gasteiger charge is 2.19. The SMILES string of the molecule is CC.CS(=O)(=O)N1CCCC1.Cc1noc(C)c1-c1ccc(N)c(N)c1. The van der Waals surface area contributed by atoms with Crippen LogP contribution in [0, 0.1) is 13.8 Å². The Morgan fingerprint density at radius 1 is 1.08 bits per heavy atom. The summed E-state index contributed by atoms with van der Waals surface area (Å²) in [6.07, 6.45) is 3.30. The van der Waals surface area contributed by atoms with Crippen molar-refractivity contribution in [2.45, 2.75) is 40.5 Å². The van der Waals surface area contributed by atoms with E-state index >= 15 is 0 Å². The third-order valence-electron chi connectivity index (χ3n) is 3.94. The molecule has 146 valence electrons. The lowest BCUT2D eigenvalue weighted by Gasteiger charge is -2.09. The number of nitrogen functional groups attached to an aromatic ring is 2. The molecule has 0 saturated carbocycles. The molecule has 2 aromatic rings. The minimum absolute atomic E-state index is 0.576. The molecule has 7 nitrogen and oxygen atoms in total. The van der Waals surface area contributed by atoms with E-state index in [0.717, 1.165) is 48.5 Å². The smallest absolute Gasteiger partial charge is 0.211 e. The average molecular weight is 383 g/mol. The maximum absolute atomic E-state index is 10.8. The Bertz CT molecular complexity index is 790. The number of hydrogen-bond acceptors (Lipinski definition) is 6. The molecule has 1 aliphatic heterocycles. The van der Waals surface area contributed by atoms with Gasteiger partial charge in [0.25, 0.3) is 0 Å². The molecule has 0 aliphatic carbocycles. The molecular formula is C18H30N4O3S. The van der Waals surface area contributed by atoms with E-state index < -0.39 is 10.0 Å². The molecule has 0 atom stereocenters. The van der Waals surface area contributed by atoms with Crippen LogP contribution in [0.3, 0.4) is 0 Å². The van der Waals surface area contributed by atoms with Gasteiger partial charge in [-0.2, -0.15) is 0 Å². The first kappa shape index (κ1) is 22.0. The van der Waals surface area contributed by atoms with Gasteiger partial charge >= 0.3 is 0 Å². The van der Waals surface area contributed by atoms with Crippen molar-refractivity contribution < 1.29 is 12.9 Å². The maximum atomic E-state index is 10.8. The normalized spacial score (nSPS) is 14.2. The van der Waals surface area contributed by atoms with Gasteiger partial charge in [0.2, 0.25) is 10.0 Å². The second-order valence-electron chi connectivity index (χ2n) is 5.91. The van der Waals surface area contributed by atoms with Gasteiger partial charge in [-0.3, -0.25) is 0 Å². The Hall–Kier alpha value is -2.06. The number of aryl methyl sites for hydroxylation is 2. The van der Waals surface area contributed by atoms with Crippen molar-refractivity contribution in [1.29, 1.82) is 0 Å². The zero-order valence-corrected chi connectivity index (χ0v) is 17.1. The van der Waals surface area contributed by atoms with Crippen LogP contribution in [0.15, 0.2) is 22.7 Å². The van der Waals surface area contributed by atoms with E-state index in [1.807, 2.05) is 39.8 Å². The molecule has 2 heterocycles. The van der Waals surface area contributed by atoms with Gasteiger partial charge in [-0.05, 0) is 44.4 Å². The molecule has 0 radical (unpaired) electrons. The van der Waals surface area contributed by atoms with Crippen LogP contribution in [0.2, 0.25) is 0 Å². The fraction of sp³-hybridized carbons (Fsp3) is 0.500. The van der Waals surface area contributed by atoms with Gasteiger partial charge in [-0.25, -0.2) is 12.7 Å². The van der Waals surface area contributed by atoms with Crippen molar-refractivity contribution in [2.75, 3.05) is 30.8 Å². The van der Waals surface area contributed by atoms with Crippen LogP contribution >= 0.6 is 0 Å². The first-order valence-electron chi connectivity index (χ1n) is 8.73. The van der Waals surface area contributed by atoms with Crippen molar-refractivity contribution >= 4 is 21.4 Å². The Balaban J connectivity index is 0.000000263. The Morgan fingerprint density at radius 3 is 2.04 bits per heavy atom. The van der Waals surface area contributed by atoms with Crippen LogP contribution in [0.25, 0.3) is 11.1 Å². The van der Waals surface area contributed by atoms with Crippen molar-refractivity contribution in [3.05, 3.63) is 29.7 Å². The molecule has 3 rings (SSSR count). The molecule has 0 amide bonds. The summed E-state index contributed by atoms with van der Waals surface area (Å²) in [7, 11) is -2.87.